The Labute approximate surface area is 194 Å². The molecule has 0 radical (unpaired) electrons. The van der Waals surface area contributed by atoms with Gasteiger partial charge in [0.25, 0.3) is 0 Å². The maximum atomic E-state index is 13.5. The highest BCUT2D eigenvalue weighted by Crippen LogP contribution is 2.51. The average Bonchev–Trinajstić information content (AvgIpc) is 2.69. The molecule has 5 heteroatoms. The topological polar surface area (TPSA) is 83.8 Å². The fraction of sp³-hybridized carbons (Fsp3) is 0.429. The van der Waals surface area contributed by atoms with Crippen LogP contribution < -0.4 is 4.74 Å². The third-order valence-electron chi connectivity index (χ3n) is 6.81. The Kier molecular flexibility index (Phi) is 5.63. The van der Waals surface area contributed by atoms with Gasteiger partial charge in [-0.25, -0.2) is 0 Å². The van der Waals surface area contributed by atoms with Gasteiger partial charge in [-0.15, -0.1) is 0 Å². The first-order valence-corrected chi connectivity index (χ1v) is 11.4. The molecule has 0 aliphatic heterocycles. The molecule has 2 aliphatic rings. The van der Waals surface area contributed by atoms with Crippen LogP contribution in [0.25, 0.3) is 10.8 Å². The summed E-state index contributed by atoms with van der Waals surface area (Å²) >= 11 is 0. The molecule has 2 aromatic rings. The minimum Gasteiger partial charge on any atom is -0.512 e. The molecule has 174 valence electrons. The Bertz CT molecular complexity index is 1160. The van der Waals surface area contributed by atoms with E-state index in [-0.39, 0.29) is 57.9 Å². The highest BCUT2D eigenvalue weighted by Gasteiger charge is 2.44. The lowest BCUT2D eigenvalue weighted by Crippen LogP contribution is -2.33. The van der Waals surface area contributed by atoms with Crippen molar-refractivity contribution in [1.29, 1.82) is 0 Å². The lowest BCUT2D eigenvalue weighted by atomic mass is 9.66. The highest BCUT2D eigenvalue weighted by atomic mass is 16.5. The molecule has 4 rings (SSSR count). The fourth-order valence-corrected chi connectivity index (χ4v) is 5.44. The van der Waals surface area contributed by atoms with Crippen molar-refractivity contribution in [1.82, 2.24) is 0 Å². The Balaban J connectivity index is 2.08. The minimum absolute atomic E-state index is 0.0193. The van der Waals surface area contributed by atoms with E-state index in [0.717, 1.165) is 10.8 Å². The van der Waals surface area contributed by atoms with E-state index in [4.69, 9.17) is 4.74 Å². The summed E-state index contributed by atoms with van der Waals surface area (Å²) < 4.78 is 5.71. The molecule has 0 amide bonds. The Hall–Kier alpha value is -3.08. The van der Waals surface area contributed by atoms with Crippen LogP contribution in [0.5, 0.6) is 5.75 Å². The molecule has 2 aromatic carbocycles. The zero-order chi connectivity index (χ0) is 24.1. The number of carbonyl (C=O) groups excluding carboxylic acids is 2. The third-order valence-corrected chi connectivity index (χ3v) is 6.81. The van der Waals surface area contributed by atoms with Gasteiger partial charge in [0.1, 0.15) is 17.3 Å². The molecule has 0 atom stereocenters. The first-order chi connectivity index (χ1) is 15.4. The predicted molar refractivity (Wildman–Crippen MR) is 129 cm³/mol. The van der Waals surface area contributed by atoms with Crippen molar-refractivity contribution < 1.29 is 24.5 Å². The molecule has 0 bridgehead atoms. The average molecular weight is 449 g/mol. The van der Waals surface area contributed by atoms with E-state index in [9.17, 15) is 19.8 Å². The minimum atomic E-state index is -0.904. The molecule has 0 heterocycles. The van der Waals surface area contributed by atoms with Crippen LogP contribution in [0.2, 0.25) is 0 Å². The number of fused-ring (bicyclic) bond motifs is 1. The van der Waals surface area contributed by atoms with Gasteiger partial charge in [-0.1, -0.05) is 58.0 Å². The lowest BCUT2D eigenvalue weighted by molar-refractivity contribution is -0.119. The number of aliphatic hydroxyl groups excluding tert-OH is 2. The van der Waals surface area contributed by atoms with Gasteiger partial charge in [0, 0.05) is 42.4 Å². The largest absolute Gasteiger partial charge is 0.512 e. The van der Waals surface area contributed by atoms with Crippen molar-refractivity contribution in [3.8, 4) is 5.75 Å². The van der Waals surface area contributed by atoms with Crippen molar-refractivity contribution in [3.63, 3.8) is 0 Å². The third kappa shape index (κ3) is 4.17. The number of rotatable bonds is 4. The monoisotopic (exact) mass is 448 g/mol. The predicted octanol–water partition coefficient (Wildman–Crippen LogP) is 6.33. The lowest BCUT2D eigenvalue weighted by Gasteiger charge is -2.37. The number of carbonyl (C=O) groups is 2. The molecule has 0 saturated heterocycles. The first-order valence-electron chi connectivity index (χ1n) is 11.4. The molecule has 0 spiro atoms. The number of benzene rings is 2. The van der Waals surface area contributed by atoms with E-state index >= 15 is 0 Å². The number of methoxy groups -OCH3 is 1. The number of hydrogen-bond donors (Lipinski definition) is 2. The van der Waals surface area contributed by atoms with Crippen LogP contribution in [0.3, 0.4) is 0 Å². The van der Waals surface area contributed by atoms with E-state index in [1.54, 1.807) is 7.11 Å². The van der Waals surface area contributed by atoms with Crippen LogP contribution in [0.15, 0.2) is 59.1 Å². The first kappa shape index (κ1) is 23.1. The number of Topliss-reactive ketones (excluding diaryl/α,β-unsaturated/α-hetero) is 2. The van der Waals surface area contributed by atoms with E-state index in [2.05, 4.69) is 0 Å². The fourth-order valence-electron chi connectivity index (χ4n) is 5.44. The summed E-state index contributed by atoms with van der Waals surface area (Å²) in [5.74, 6) is -0.848. The summed E-state index contributed by atoms with van der Waals surface area (Å²) in [6.45, 7) is 7.76. The standard InChI is InChI=1S/C28H32O5/c1-27(2)12-18(29)24(19(30)13-27)26(25-20(31)14-28(3,4)15-21(25)32)23-17-9-7-6-8-16(17)10-11-22(23)33-5/h6-11,26,29,31H,12-15H2,1-5H3. The van der Waals surface area contributed by atoms with Crippen molar-refractivity contribution in [3.05, 3.63) is 64.6 Å². The number of aliphatic hydroxyl groups is 2. The highest BCUT2D eigenvalue weighted by molar-refractivity contribution is 6.07. The van der Waals surface area contributed by atoms with E-state index < -0.39 is 5.92 Å². The number of allylic oxidation sites excluding steroid dienone is 4. The van der Waals surface area contributed by atoms with Crippen LogP contribution in [0.4, 0.5) is 0 Å². The molecule has 0 fully saturated rings. The van der Waals surface area contributed by atoms with Crippen LogP contribution in [0.1, 0.15) is 64.9 Å². The van der Waals surface area contributed by atoms with E-state index in [1.807, 2.05) is 64.1 Å². The molecular formula is C28H32O5. The van der Waals surface area contributed by atoms with Gasteiger partial charge < -0.3 is 14.9 Å². The van der Waals surface area contributed by atoms with Gasteiger partial charge in [-0.2, -0.15) is 0 Å². The maximum Gasteiger partial charge on any atom is 0.163 e. The SMILES string of the molecule is COc1ccc2ccccc2c1C(C1=C(O)CC(C)(C)CC1=O)C1=C(O)CC(C)(C)CC1=O. The Morgan fingerprint density at radius 3 is 1.79 bits per heavy atom. The quantitative estimate of drug-likeness (QED) is 0.571. The molecule has 2 N–H and O–H groups in total. The van der Waals surface area contributed by atoms with Gasteiger partial charge >= 0.3 is 0 Å². The second-order valence-electron chi connectivity index (χ2n) is 10.9. The second-order valence-corrected chi connectivity index (χ2v) is 10.9. The Morgan fingerprint density at radius 2 is 1.30 bits per heavy atom. The van der Waals surface area contributed by atoms with Crippen molar-refractivity contribution in [2.75, 3.05) is 7.11 Å². The number of ether oxygens (including phenoxy) is 1. The van der Waals surface area contributed by atoms with Gasteiger partial charge in [0.2, 0.25) is 0 Å². The van der Waals surface area contributed by atoms with Gasteiger partial charge in [0.15, 0.2) is 11.6 Å². The molecule has 0 saturated carbocycles. The summed E-state index contributed by atoms with van der Waals surface area (Å²) in [4.78, 5) is 27.0. The smallest absolute Gasteiger partial charge is 0.163 e. The van der Waals surface area contributed by atoms with Gasteiger partial charge in [0.05, 0.1) is 13.0 Å². The van der Waals surface area contributed by atoms with Crippen molar-refractivity contribution in [2.24, 2.45) is 10.8 Å². The van der Waals surface area contributed by atoms with Gasteiger partial charge in [-0.05, 0) is 27.7 Å². The Morgan fingerprint density at radius 1 is 0.788 bits per heavy atom. The van der Waals surface area contributed by atoms with Crippen LogP contribution in [-0.2, 0) is 9.59 Å². The zero-order valence-corrected chi connectivity index (χ0v) is 20.0. The van der Waals surface area contributed by atoms with Crippen LogP contribution >= 0.6 is 0 Å². The van der Waals surface area contributed by atoms with Gasteiger partial charge in [-0.3, -0.25) is 9.59 Å². The molecule has 33 heavy (non-hydrogen) atoms. The van der Waals surface area contributed by atoms with E-state index in [0.29, 0.717) is 24.2 Å². The normalized spacial score (nSPS) is 20.7. The summed E-state index contributed by atoms with van der Waals surface area (Å²) in [5.41, 5.74) is 0.247. The summed E-state index contributed by atoms with van der Waals surface area (Å²) in [6, 6.07) is 11.4. The molecule has 0 aromatic heterocycles. The van der Waals surface area contributed by atoms with Crippen LogP contribution in [-0.4, -0.2) is 28.9 Å². The summed E-state index contributed by atoms with van der Waals surface area (Å²) in [7, 11) is 1.55. The molecule has 5 nitrogen and oxygen atoms in total. The summed E-state index contributed by atoms with van der Waals surface area (Å²) in [5, 5.41) is 24.0. The molecule has 0 unspecified atom stereocenters. The maximum absolute atomic E-state index is 13.5. The second kappa shape index (κ2) is 8.05. The van der Waals surface area contributed by atoms with Crippen molar-refractivity contribution >= 4 is 22.3 Å². The zero-order valence-electron chi connectivity index (χ0n) is 20.0. The van der Waals surface area contributed by atoms with Crippen molar-refractivity contribution in [2.45, 2.75) is 59.3 Å². The molecular weight excluding hydrogens is 416 g/mol. The van der Waals surface area contributed by atoms with Crippen LogP contribution in [0, 0.1) is 10.8 Å². The number of hydrogen-bond acceptors (Lipinski definition) is 5. The summed E-state index contributed by atoms with van der Waals surface area (Å²) in [6.07, 6.45) is 1.16. The molecule has 2 aliphatic carbocycles. The van der Waals surface area contributed by atoms with E-state index in [1.165, 1.54) is 0 Å². The number of ketones is 2.